The monoisotopic (exact) mass is 357 g/mol. The van der Waals surface area contributed by atoms with Crippen LogP contribution in [0.15, 0.2) is 24.4 Å². The highest BCUT2D eigenvalue weighted by Crippen LogP contribution is 2.25. The Morgan fingerprint density at radius 2 is 2.17 bits per heavy atom. The number of fused-ring (bicyclic) bond motifs is 1. The van der Waals surface area contributed by atoms with Gasteiger partial charge in [0.05, 0.1) is 12.6 Å². The van der Waals surface area contributed by atoms with Crippen molar-refractivity contribution in [3.8, 4) is 0 Å². The van der Waals surface area contributed by atoms with E-state index in [1.54, 1.807) is 0 Å². The van der Waals surface area contributed by atoms with E-state index in [-0.39, 0.29) is 18.3 Å². The first kappa shape index (κ1) is 18.7. The molecule has 1 aromatic carbocycles. The minimum absolute atomic E-state index is 0. The molecule has 3 N–H and O–H groups in total. The summed E-state index contributed by atoms with van der Waals surface area (Å²) < 4.78 is 26.2. The second-order valence-corrected chi connectivity index (χ2v) is 6.04. The Labute approximate surface area is 145 Å². The van der Waals surface area contributed by atoms with E-state index in [1.807, 2.05) is 12.3 Å². The predicted octanol–water partition coefficient (Wildman–Crippen LogP) is 2.81. The van der Waals surface area contributed by atoms with Gasteiger partial charge in [-0.05, 0) is 24.0 Å². The third kappa shape index (κ3) is 3.87. The standard InChI is InChI=1S/C17H21F2N3O.ClH/c1-2-11-4-3-5-13-12(9-21-15(11)13)6-7-20-16(23)14-8-17(18,19)10-22-14;/h3-5,9,14,21-22H,2,6-8,10H2,1H3,(H,20,23);1H. The molecule has 132 valence electrons. The molecule has 1 aliphatic heterocycles. The third-order valence-electron chi connectivity index (χ3n) is 4.39. The van der Waals surface area contributed by atoms with Crippen molar-refractivity contribution in [2.45, 2.75) is 38.2 Å². The molecule has 0 spiro atoms. The van der Waals surface area contributed by atoms with Gasteiger partial charge in [-0.1, -0.05) is 25.1 Å². The summed E-state index contributed by atoms with van der Waals surface area (Å²) in [5.41, 5.74) is 3.52. The highest BCUT2D eigenvalue weighted by Gasteiger charge is 2.42. The molecule has 1 amide bonds. The van der Waals surface area contributed by atoms with Crippen molar-refractivity contribution in [3.63, 3.8) is 0 Å². The summed E-state index contributed by atoms with van der Waals surface area (Å²) in [7, 11) is 0. The van der Waals surface area contributed by atoms with Gasteiger partial charge in [-0.3, -0.25) is 10.1 Å². The molecule has 2 aromatic rings. The van der Waals surface area contributed by atoms with Crippen molar-refractivity contribution in [2.75, 3.05) is 13.1 Å². The van der Waals surface area contributed by atoms with Gasteiger partial charge in [0.1, 0.15) is 0 Å². The highest BCUT2D eigenvalue weighted by atomic mass is 35.5. The van der Waals surface area contributed by atoms with Crippen LogP contribution in [-0.2, 0) is 17.6 Å². The first-order chi connectivity index (χ1) is 11.0. The highest BCUT2D eigenvalue weighted by molar-refractivity contribution is 5.86. The molecule has 0 bridgehead atoms. The number of hydrogen-bond donors (Lipinski definition) is 3. The van der Waals surface area contributed by atoms with Crippen LogP contribution in [0.25, 0.3) is 10.9 Å². The number of carbonyl (C=O) groups excluding carboxylic acids is 1. The van der Waals surface area contributed by atoms with Gasteiger partial charge in [0.2, 0.25) is 5.91 Å². The van der Waals surface area contributed by atoms with E-state index in [9.17, 15) is 13.6 Å². The lowest BCUT2D eigenvalue weighted by molar-refractivity contribution is -0.123. The van der Waals surface area contributed by atoms with E-state index in [2.05, 4.69) is 34.7 Å². The SMILES string of the molecule is CCc1cccc2c(CCNC(=O)C3CC(F)(F)CN3)c[nH]c12.Cl. The Bertz CT molecular complexity index is 717. The van der Waals surface area contributed by atoms with Crippen LogP contribution in [0.5, 0.6) is 0 Å². The quantitative estimate of drug-likeness (QED) is 0.770. The lowest BCUT2D eigenvalue weighted by atomic mass is 10.1. The molecule has 2 heterocycles. The summed E-state index contributed by atoms with van der Waals surface area (Å²) in [4.78, 5) is 15.2. The van der Waals surface area contributed by atoms with Gasteiger partial charge in [0, 0.05) is 30.1 Å². The van der Waals surface area contributed by atoms with Gasteiger partial charge in [-0.25, -0.2) is 8.78 Å². The number of para-hydroxylation sites is 1. The van der Waals surface area contributed by atoms with E-state index in [1.165, 1.54) is 5.56 Å². The fraction of sp³-hybridized carbons (Fsp3) is 0.471. The van der Waals surface area contributed by atoms with Crippen molar-refractivity contribution in [3.05, 3.63) is 35.5 Å². The molecule has 7 heteroatoms. The normalized spacial score (nSPS) is 19.2. The van der Waals surface area contributed by atoms with Gasteiger partial charge < -0.3 is 10.3 Å². The van der Waals surface area contributed by atoms with E-state index in [0.29, 0.717) is 13.0 Å². The predicted molar refractivity (Wildman–Crippen MR) is 93.0 cm³/mol. The van der Waals surface area contributed by atoms with Crippen LogP contribution in [0.4, 0.5) is 8.78 Å². The van der Waals surface area contributed by atoms with Crippen LogP contribution in [0.1, 0.15) is 24.5 Å². The van der Waals surface area contributed by atoms with E-state index in [4.69, 9.17) is 0 Å². The molecule has 1 unspecified atom stereocenters. The number of rotatable bonds is 5. The molecule has 0 saturated carbocycles. The number of carbonyl (C=O) groups is 1. The first-order valence-electron chi connectivity index (χ1n) is 7.97. The van der Waals surface area contributed by atoms with Crippen molar-refractivity contribution >= 4 is 29.2 Å². The average molecular weight is 358 g/mol. The maximum atomic E-state index is 13.1. The summed E-state index contributed by atoms with van der Waals surface area (Å²) in [6, 6.07) is 5.39. The van der Waals surface area contributed by atoms with Crippen LogP contribution in [0, 0.1) is 0 Å². The zero-order chi connectivity index (χ0) is 16.4. The molecule has 24 heavy (non-hydrogen) atoms. The summed E-state index contributed by atoms with van der Waals surface area (Å²) in [6.45, 7) is 2.12. The molecule has 1 saturated heterocycles. The number of aryl methyl sites for hydroxylation is 1. The first-order valence-corrected chi connectivity index (χ1v) is 7.97. The van der Waals surface area contributed by atoms with Crippen molar-refractivity contribution in [2.24, 2.45) is 0 Å². The Balaban J connectivity index is 0.00000208. The van der Waals surface area contributed by atoms with Crippen LogP contribution in [0.3, 0.4) is 0 Å². The van der Waals surface area contributed by atoms with Crippen molar-refractivity contribution < 1.29 is 13.6 Å². The zero-order valence-electron chi connectivity index (χ0n) is 13.5. The molecular formula is C17H22ClF2N3O. The molecule has 1 atom stereocenters. The number of H-pyrrole nitrogens is 1. The van der Waals surface area contributed by atoms with E-state index in [0.717, 1.165) is 22.9 Å². The van der Waals surface area contributed by atoms with E-state index < -0.39 is 24.9 Å². The molecule has 1 aromatic heterocycles. The number of amides is 1. The Morgan fingerprint density at radius 1 is 1.38 bits per heavy atom. The fourth-order valence-electron chi connectivity index (χ4n) is 3.12. The molecule has 1 aliphatic rings. The number of alkyl halides is 2. The van der Waals surface area contributed by atoms with Crippen LogP contribution in [0.2, 0.25) is 0 Å². The lowest BCUT2D eigenvalue weighted by Crippen LogP contribution is -2.41. The molecule has 1 fully saturated rings. The summed E-state index contributed by atoms with van der Waals surface area (Å²) >= 11 is 0. The minimum Gasteiger partial charge on any atom is -0.361 e. The minimum atomic E-state index is -2.78. The smallest absolute Gasteiger partial charge is 0.262 e. The van der Waals surface area contributed by atoms with Crippen molar-refractivity contribution in [1.82, 2.24) is 15.6 Å². The molecule has 0 aliphatic carbocycles. The number of aromatic amines is 1. The summed E-state index contributed by atoms with van der Waals surface area (Å²) in [6.07, 6.45) is 3.15. The molecule has 0 radical (unpaired) electrons. The fourth-order valence-corrected chi connectivity index (χ4v) is 3.12. The summed E-state index contributed by atoms with van der Waals surface area (Å²) in [5, 5.41) is 6.47. The number of hydrogen-bond acceptors (Lipinski definition) is 2. The van der Waals surface area contributed by atoms with Crippen LogP contribution in [-0.4, -0.2) is 35.9 Å². The number of benzene rings is 1. The van der Waals surface area contributed by atoms with Crippen LogP contribution >= 0.6 is 12.4 Å². The average Bonchev–Trinajstić information content (AvgIpc) is 3.10. The van der Waals surface area contributed by atoms with Gasteiger partial charge >= 0.3 is 0 Å². The topological polar surface area (TPSA) is 56.9 Å². The van der Waals surface area contributed by atoms with E-state index >= 15 is 0 Å². The molecular weight excluding hydrogens is 336 g/mol. The number of aromatic nitrogens is 1. The second kappa shape index (κ2) is 7.49. The number of nitrogens with one attached hydrogen (secondary N) is 3. The lowest BCUT2D eigenvalue weighted by Gasteiger charge is -2.11. The Kier molecular flexibility index (Phi) is 5.83. The van der Waals surface area contributed by atoms with Gasteiger partial charge in [0.25, 0.3) is 5.92 Å². The largest absolute Gasteiger partial charge is 0.361 e. The van der Waals surface area contributed by atoms with Gasteiger partial charge in [-0.2, -0.15) is 0 Å². The van der Waals surface area contributed by atoms with Crippen molar-refractivity contribution in [1.29, 1.82) is 0 Å². The Morgan fingerprint density at radius 3 is 2.83 bits per heavy atom. The van der Waals surface area contributed by atoms with Crippen LogP contribution < -0.4 is 10.6 Å². The maximum absolute atomic E-state index is 13.1. The third-order valence-corrected chi connectivity index (χ3v) is 4.39. The second-order valence-electron chi connectivity index (χ2n) is 6.04. The summed E-state index contributed by atoms with van der Waals surface area (Å²) in [5.74, 6) is -3.13. The van der Waals surface area contributed by atoms with Gasteiger partial charge in [-0.15, -0.1) is 12.4 Å². The zero-order valence-corrected chi connectivity index (χ0v) is 14.3. The maximum Gasteiger partial charge on any atom is 0.262 e. The molecule has 3 rings (SSSR count). The molecule has 4 nitrogen and oxygen atoms in total. The Hall–Kier alpha value is -1.66. The number of halogens is 3. The van der Waals surface area contributed by atoms with Gasteiger partial charge in [0.15, 0.2) is 0 Å².